The summed E-state index contributed by atoms with van der Waals surface area (Å²) in [6.07, 6.45) is 6.14. The van der Waals surface area contributed by atoms with Crippen LogP contribution in [0.15, 0.2) is 42.5 Å². The SMILES string of the molecule is C[C@@H](NC(=O)N1O[C@@H]2C=C[C@H]1CC2)c1ccccc1. The molecule has 0 aromatic heterocycles. The number of nitrogens with one attached hydrogen (secondary N) is 1. The zero-order valence-corrected chi connectivity index (χ0v) is 11.0. The summed E-state index contributed by atoms with van der Waals surface area (Å²) in [5, 5.41) is 4.46. The summed E-state index contributed by atoms with van der Waals surface area (Å²) in [4.78, 5) is 17.8. The van der Waals surface area contributed by atoms with Crippen LogP contribution in [0.25, 0.3) is 0 Å². The third kappa shape index (κ3) is 2.49. The molecular weight excluding hydrogens is 240 g/mol. The maximum atomic E-state index is 12.2. The van der Waals surface area contributed by atoms with Crippen LogP contribution >= 0.6 is 0 Å². The summed E-state index contributed by atoms with van der Waals surface area (Å²) >= 11 is 0. The Bertz CT molecular complexity index is 486. The number of hydrogen-bond acceptors (Lipinski definition) is 2. The highest BCUT2D eigenvalue weighted by atomic mass is 16.7. The van der Waals surface area contributed by atoms with Crippen LogP contribution < -0.4 is 5.32 Å². The molecular formula is C15H18N2O2. The number of fused-ring (bicyclic) bond motifs is 2. The van der Waals surface area contributed by atoms with Gasteiger partial charge in [-0.05, 0) is 25.3 Å². The molecule has 4 nitrogen and oxygen atoms in total. The normalized spacial score (nSPS) is 26.3. The molecule has 0 spiro atoms. The molecule has 2 amide bonds. The number of carbonyl (C=O) groups is 1. The van der Waals surface area contributed by atoms with E-state index in [-0.39, 0.29) is 24.2 Å². The van der Waals surface area contributed by atoms with Gasteiger partial charge >= 0.3 is 6.03 Å². The summed E-state index contributed by atoms with van der Waals surface area (Å²) in [5.41, 5.74) is 1.09. The first-order valence-corrected chi connectivity index (χ1v) is 6.74. The fourth-order valence-corrected chi connectivity index (χ4v) is 2.56. The number of urea groups is 1. The average molecular weight is 258 g/mol. The molecule has 0 saturated carbocycles. The van der Waals surface area contributed by atoms with E-state index in [1.54, 1.807) is 0 Å². The number of rotatable bonds is 2. The second-order valence-electron chi connectivity index (χ2n) is 5.08. The first-order chi connectivity index (χ1) is 9.24. The fraction of sp³-hybridized carbons (Fsp3) is 0.400. The second kappa shape index (κ2) is 5.05. The van der Waals surface area contributed by atoms with E-state index in [1.165, 1.54) is 5.06 Å². The first kappa shape index (κ1) is 12.2. The van der Waals surface area contributed by atoms with Gasteiger partial charge in [-0.2, -0.15) is 5.06 Å². The third-order valence-corrected chi connectivity index (χ3v) is 3.68. The molecule has 3 atom stereocenters. The molecule has 2 heterocycles. The highest BCUT2D eigenvalue weighted by molar-refractivity contribution is 5.74. The van der Waals surface area contributed by atoms with Gasteiger partial charge in [0, 0.05) is 0 Å². The van der Waals surface area contributed by atoms with Gasteiger partial charge in [0.1, 0.15) is 6.10 Å². The molecule has 4 rings (SSSR count). The Morgan fingerprint density at radius 1 is 1.32 bits per heavy atom. The van der Waals surface area contributed by atoms with Crippen molar-refractivity contribution in [3.8, 4) is 0 Å². The molecule has 2 aliphatic heterocycles. The maximum Gasteiger partial charge on any atom is 0.342 e. The molecule has 0 unspecified atom stereocenters. The lowest BCUT2D eigenvalue weighted by atomic mass is 9.98. The van der Waals surface area contributed by atoms with Gasteiger partial charge in [-0.3, -0.25) is 4.84 Å². The van der Waals surface area contributed by atoms with E-state index < -0.39 is 0 Å². The number of carbonyl (C=O) groups excluding carboxylic acids is 1. The average Bonchev–Trinajstić information content (AvgIpc) is 2.49. The van der Waals surface area contributed by atoms with Gasteiger partial charge in [-0.15, -0.1) is 0 Å². The van der Waals surface area contributed by atoms with E-state index in [4.69, 9.17) is 4.84 Å². The highest BCUT2D eigenvalue weighted by Gasteiger charge is 2.34. The third-order valence-electron chi connectivity index (χ3n) is 3.68. The summed E-state index contributed by atoms with van der Waals surface area (Å²) in [5.74, 6) is 0. The molecule has 1 saturated heterocycles. The Balaban J connectivity index is 1.64. The minimum atomic E-state index is -0.157. The topological polar surface area (TPSA) is 41.6 Å². The van der Waals surface area contributed by atoms with Crippen molar-refractivity contribution in [2.24, 2.45) is 0 Å². The molecule has 1 aromatic carbocycles. The lowest BCUT2D eigenvalue weighted by Gasteiger charge is -2.40. The van der Waals surface area contributed by atoms with Crippen molar-refractivity contribution in [3.05, 3.63) is 48.0 Å². The number of hydroxylamine groups is 2. The predicted octanol–water partition coefficient (Wildman–Crippen LogP) is 2.79. The van der Waals surface area contributed by atoms with Crippen molar-refractivity contribution in [3.63, 3.8) is 0 Å². The minimum absolute atomic E-state index is 0.0262. The Labute approximate surface area is 113 Å². The first-order valence-electron chi connectivity index (χ1n) is 6.74. The van der Waals surface area contributed by atoms with E-state index in [2.05, 4.69) is 11.4 Å². The second-order valence-corrected chi connectivity index (χ2v) is 5.08. The van der Waals surface area contributed by atoms with Crippen LogP contribution in [-0.4, -0.2) is 23.2 Å². The predicted molar refractivity (Wildman–Crippen MR) is 72.3 cm³/mol. The van der Waals surface area contributed by atoms with E-state index in [0.717, 1.165) is 18.4 Å². The number of benzene rings is 1. The molecule has 3 aliphatic rings. The molecule has 1 fully saturated rings. The summed E-state index contributed by atoms with van der Waals surface area (Å²) in [6.45, 7) is 1.98. The van der Waals surface area contributed by atoms with Gasteiger partial charge in [-0.1, -0.05) is 42.5 Å². The van der Waals surface area contributed by atoms with Crippen LogP contribution in [0.4, 0.5) is 4.79 Å². The lowest BCUT2D eigenvalue weighted by molar-refractivity contribution is -0.195. The summed E-state index contributed by atoms with van der Waals surface area (Å²) < 4.78 is 0. The van der Waals surface area contributed by atoms with Gasteiger partial charge in [0.2, 0.25) is 0 Å². The van der Waals surface area contributed by atoms with Crippen LogP contribution in [0.3, 0.4) is 0 Å². The molecule has 1 aliphatic carbocycles. The standard InChI is InChI=1S/C15H18N2O2/c1-11(12-5-3-2-4-6-12)16-15(18)17-13-7-9-14(19-17)10-8-13/h2-7,9,11,13-14H,8,10H2,1H3,(H,16,18)/t11-,13+,14-/m1/s1. The molecule has 1 aromatic rings. The largest absolute Gasteiger partial charge is 0.342 e. The van der Waals surface area contributed by atoms with Crippen molar-refractivity contribution >= 4 is 6.03 Å². The summed E-state index contributed by atoms with van der Waals surface area (Å²) in [7, 11) is 0. The van der Waals surface area contributed by atoms with Crippen molar-refractivity contribution in [1.29, 1.82) is 0 Å². The monoisotopic (exact) mass is 258 g/mol. The van der Waals surface area contributed by atoms with Crippen molar-refractivity contribution in [1.82, 2.24) is 10.4 Å². The van der Waals surface area contributed by atoms with Crippen molar-refractivity contribution in [2.45, 2.75) is 38.0 Å². The number of nitrogens with zero attached hydrogens (tertiary/aromatic N) is 1. The lowest BCUT2D eigenvalue weighted by Crippen LogP contribution is -2.52. The van der Waals surface area contributed by atoms with Crippen LogP contribution in [-0.2, 0) is 4.84 Å². The Hall–Kier alpha value is -1.81. The van der Waals surface area contributed by atoms with Gasteiger partial charge < -0.3 is 5.32 Å². The van der Waals surface area contributed by atoms with Crippen molar-refractivity contribution < 1.29 is 9.63 Å². The van der Waals surface area contributed by atoms with Gasteiger partial charge in [-0.25, -0.2) is 4.79 Å². The quantitative estimate of drug-likeness (QED) is 0.829. The molecule has 4 heteroatoms. The smallest absolute Gasteiger partial charge is 0.330 e. The van der Waals surface area contributed by atoms with E-state index in [0.29, 0.717) is 0 Å². The van der Waals surface area contributed by atoms with E-state index in [9.17, 15) is 4.79 Å². The van der Waals surface area contributed by atoms with Gasteiger partial charge in [0.25, 0.3) is 0 Å². The zero-order valence-electron chi connectivity index (χ0n) is 11.0. The highest BCUT2D eigenvalue weighted by Crippen LogP contribution is 2.27. The molecule has 19 heavy (non-hydrogen) atoms. The molecule has 0 radical (unpaired) electrons. The van der Waals surface area contributed by atoms with Gasteiger partial charge in [0.15, 0.2) is 0 Å². The van der Waals surface area contributed by atoms with E-state index >= 15 is 0 Å². The van der Waals surface area contributed by atoms with Crippen LogP contribution in [0, 0.1) is 0 Å². The van der Waals surface area contributed by atoms with E-state index in [1.807, 2.05) is 43.3 Å². The molecule has 100 valence electrons. The zero-order chi connectivity index (χ0) is 13.2. The Morgan fingerprint density at radius 3 is 2.68 bits per heavy atom. The minimum Gasteiger partial charge on any atom is -0.330 e. The van der Waals surface area contributed by atoms with Crippen molar-refractivity contribution in [2.75, 3.05) is 0 Å². The molecule has 2 bridgehead atoms. The van der Waals surface area contributed by atoms with Crippen LogP contribution in [0.1, 0.15) is 31.4 Å². The van der Waals surface area contributed by atoms with Crippen LogP contribution in [0.2, 0.25) is 0 Å². The molecule has 1 N–H and O–H groups in total. The van der Waals surface area contributed by atoms with Gasteiger partial charge in [0.05, 0.1) is 12.1 Å². The number of amides is 2. The maximum absolute atomic E-state index is 12.2. The fourth-order valence-electron chi connectivity index (χ4n) is 2.56. The van der Waals surface area contributed by atoms with Crippen LogP contribution in [0.5, 0.6) is 0 Å². The Kier molecular flexibility index (Phi) is 3.25. The summed E-state index contributed by atoms with van der Waals surface area (Å²) in [6, 6.07) is 9.82. The Morgan fingerprint density at radius 2 is 2.11 bits per heavy atom. The number of hydrogen-bond donors (Lipinski definition) is 1.